The number of fused-ring (bicyclic) bond motifs is 2. The minimum atomic E-state index is 0.398. The first-order valence-electron chi connectivity index (χ1n) is 9.26. The van der Waals surface area contributed by atoms with E-state index in [9.17, 15) is 0 Å². The molecule has 4 aromatic rings. The van der Waals surface area contributed by atoms with Gasteiger partial charge in [0.15, 0.2) is 5.82 Å². The lowest BCUT2D eigenvalue weighted by Crippen LogP contribution is -2.31. The van der Waals surface area contributed by atoms with Crippen LogP contribution in [0.2, 0.25) is 0 Å². The molecule has 0 aliphatic carbocycles. The second kappa shape index (κ2) is 6.55. The number of benzene rings is 2. The number of rotatable bonds is 2. The predicted octanol–water partition coefficient (Wildman–Crippen LogP) is 5.24. The highest BCUT2D eigenvalue weighted by molar-refractivity contribution is 7.17. The zero-order valence-electron chi connectivity index (χ0n) is 15.5. The summed E-state index contributed by atoms with van der Waals surface area (Å²) in [5, 5.41) is 3.51. The van der Waals surface area contributed by atoms with Crippen LogP contribution in [0.4, 0.5) is 0 Å². The van der Waals surface area contributed by atoms with Crippen LogP contribution in [-0.4, -0.2) is 28.5 Å². The molecule has 2 aromatic heterocycles. The largest absolute Gasteiger partial charge is 0.301 e. The molecule has 0 fully saturated rings. The summed E-state index contributed by atoms with van der Waals surface area (Å²) in [6, 6.07) is 15.5. The van der Waals surface area contributed by atoms with Gasteiger partial charge in [0.05, 0.1) is 0 Å². The van der Waals surface area contributed by atoms with Gasteiger partial charge in [0, 0.05) is 41.7 Å². The van der Waals surface area contributed by atoms with E-state index in [1.54, 1.807) is 0 Å². The van der Waals surface area contributed by atoms with Crippen LogP contribution in [0.15, 0.2) is 60.2 Å². The molecule has 3 heterocycles. The molecule has 1 aliphatic rings. The molecule has 0 bridgehead atoms. The molecule has 0 saturated heterocycles. The summed E-state index contributed by atoms with van der Waals surface area (Å²) in [5.74, 6) is 1.21. The first-order valence-corrected chi connectivity index (χ1v) is 10.1. The van der Waals surface area contributed by atoms with Crippen molar-refractivity contribution < 1.29 is 0 Å². The molecule has 0 saturated carbocycles. The van der Waals surface area contributed by atoms with Crippen molar-refractivity contribution in [3.63, 3.8) is 0 Å². The number of thiophene rings is 1. The number of hydrogen-bond acceptors (Lipinski definition) is 4. The van der Waals surface area contributed by atoms with Gasteiger partial charge in [0.1, 0.15) is 0 Å². The maximum atomic E-state index is 4.46. The maximum Gasteiger partial charge on any atom is 0.159 e. The Morgan fingerprint density at radius 3 is 2.78 bits per heavy atom. The Morgan fingerprint density at radius 1 is 1.07 bits per heavy atom. The molecule has 0 radical (unpaired) electrons. The zero-order valence-corrected chi connectivity index (χ0v) is 16.3. The molecule has 0 N–H and O–H groups in total. The third-order valence-electron chi connectivity index (χ3n) is 5.62. The molecule has 3 nitrogen and oxygen atoms in total. The van der Waals surface area contributed by atoms with Crippen LogP contribution in [0.3, 0.4) is 0 Å². The summed E-state index contributed by atoms with van der Waals surface area (Å²) in [5.41, 5.74) is 6.71. The van der Waals surface area contributed by atoms with Gasteiger partial charge >= 0.3 is 0 Å². The van der Waals surface area contributed by atoms with E-state index in [-0.39, 0.29) is 0 Å². The molecule has 5 rings (SSSR count). The Kier molecular flexibility index (Phi) is 4.03. The Morgan fingerprint density at radius 2 is 1.93 bits per heavy atom. The van der Waals surface area contributed by atoms with Crippen molar-refractivity contribution in [2.75, 3.05) is 13.6 Å². The standard InChI is InChI=1S/C23H21N3S/c1-15-18(23-24-9-3-10-25-23)6-7-19-20(15)13-26(2)14-21(19)17-5-4-16-8-11-27-22(16)12-17/h3-12,21H,13-14H2,1-2H3. The summed E-state index contributed by atoms with van der Waals surface area (Å²) in [7, 11) is 2.21. The Hall–Kier alpha value is -2.56. The van der Waals surface area contributed by atoms with E-state index in [1.807, 2.05) is 29.8 Å². The summed E-state index contributed by atoms with van der Waals surface area (Å²) >= 11 is 1.82. The average Bonchev–Trinajstić information content (AvgIpc) is 3.17. The van der Waals surface area contributed by atoms with Crippen molar-refractivity contribution in [2.45, 2.75) is 19.4 Å². The van der Waals surface area contributed by atoms with Crippen molar-refractivity contribution in [2.24, 2.45) is 0 Å². The lowest BCUT2D eigenvalue weighted by molar-refractivity contribution is 0.294. The van der Waals surface area contributed by atoms with Crippen LogP contribution < -0.4 is 0 Å². The third kappa shape index (κ3) is 2.85. The fourth-order valence-corrected chi connectivity index (χ4v) is 5.05. The van der Waals surface area contributed by atoms with E-state index in [0.29, 0.717) is 5.92 Å². The molecule has 1 unspecified atom stereocenters. The minimum absolute atomic E-state index is 0.398. The van der Waals surface area contributed by atoms with Crippen LogP contribution in [0.1, 0.15) is 28.2 Å². The van der Waals surface area contributed by atoms with Crippen LogP contribution in [-0.2, 0) is 6.54 Å². The highest BCUT2D eigenvalue weighted by Crippen LogP contribution is 2.38. The Balaban J connectivity index is 1.64. The van der Waals surface area contributed by atoms with Gasteiger partial charge < -0.3 is 4.90 Å². The highest BCUT2D eigenvalue weighted by atomic mass is 32.1. The average molecular weight is 372 g/mol. The quantitative estimate of drug-likeness (QED) is 0.482. The van der Waals surface area contributed by atoms with Gasteiger partial charge in [-0.05, 0) is 65.2 Å². The molecule has 1 atom stereocenters. The minimum Gasteiger partial charge on any atom is -0.301 e. The number of nitrogens with zero attached hydrogens (tertiary/aromatic N) is 3. The first kappa shape index (κ1) is 16.6. The van der Waals surface area contributed by atoms with E-state index >= 15 is 0 Å². The van der Waals surface area contributed by atoms with Gasteiger partial charge in [-0.2, -0.15) is 0 Å². The van der Waals surface area contributed by atoms with Gasteiger partial charge in [-0.1, -0.05) is 24.3 Å². The zero-order chi connectivity index (χ0) is 18.4. The van der Waals surface area contributed by atoms with Gasteiger partial charge in [0.2, 0.25) is 0 Å². The molecule has 4 heteroatoms. The summed E-state index contributed by atoms with van der Waals surface area (Å²) in [6.07, 6.45) is 3.62. The summed E-state index contributed by atoms with van der Waals surface area (Å²) in [6.45, 7) is 4.23. The van der Waals surface area contributed by atoms with E-state index in [2.05, 4.69) is 70.6 Å². The Bertz CT molecular complexity index is 1120. The smallest absolute Gasteiger partial charge is 0.159 e. The Labute approximate surface area is 163 Å². The SMILES string of the molecule is Cc1c(-c2ncccn2)ccc2c1CN(C)CC2c1ccc2ccsc2c1. The highest BCUT2D eigenvalue weighted by Gasteiger charge is 2.27. The third-order valence-corrected chi connectivity index (χ3v) is 6.50. The number of hydrogen-bond donors (Lipinski definition) is 0. The molecule has 27 heavy (non-hydrogen) atoms. The van der Waals surface area contributed by atoms with E-state index in [4.69, 9.17) is 0 Å². The molecule has 2 aromatic carbocycles. The fraction of sp³-hybridized carbons (Fsp3) is 0.217. The van der Waals surface area contributed by atoms with Gasteiger partial charge in [-0.3, -0.25) is 0 Å². The van der Waals surface area contributed by atoms with Crippen LogP contribution in [0.25, 0.3) is 21.5 Å². The predicted molar refractivity (Wildman–Crippen MR) is 112 cm³/mol. The van der Waals surface area contributed by atoms with E-state index in [1.165, 1.54) is 32.3 Å². The van der Waals surface area contributed by atoms with Gasteiger partial charge in [-0.25, -0.2) is 9.97 Å². The molecule has 0 amide bonds. The lowest BCUT2D eigenvalue weighted by atomic mass is 9.81. The van der Waals surface area contributed by atoms with Gasteiger partial charge in [0.25, 0.3) is 0 Å². The van der Waals surface area contributed by atoms with Crippen molar-refractivity contribution >= 4 is 21.4 Å². The summed E-state index contributed by atoms with van der Waals surface area (Å²) < 4.78 is 1.37. The van der Waals surface area contributed by atoms with Crippen molar-refractivity contribution in [1.82, 2.24) is 14.9 Å². The molecule has 134 valence electrons. The van der Waals surface area contributed by atoms with Crippen LogP contribution in [0.5, 0.6) is 0 Å². The molecule has 0 spiro atoms. The molecular formula is C23H21N3S. The lowest BCUT2D eigenvalue weighted by Gasteiger charge is -2.34. The molecular weight excluding hydrogens is 350 g/mol. The van der Waals surface area contributed by atoms with Gasteiger partial charge in [-0.15, -0.1) is 11.3 Å². The second-order valence-corrected chi connectivity index (χ2v) is 8.29. The second-order valence-electron chi connectivity index (χ2n) is 7.35. The number of aromatic nitrogens is 2. The van der Waals surface area contributed by atoms with Crippen molar-refractivity contribution in [1.29, 1.82) is 0 Å². The summed E-state index contributed by atoms with van der Waals surface area (Å²) in [4.78, 5) is 11.3. The van der Waals surface area contributed by atoms with E-state index < -0.39 is 0 Å². The topological polar surface area (TPSA) is 29.0 Å². The van der Waals surface area contributed by atoms with Crippen molar-refractivity contribution in [3.05, 3.63) is 82.5 Å². The number of likely N-dealkylation sites (N-methyl/N-ethyl adjacent to an activating group) is 1. The monoisotopic (exact) mass is 371 g/mol. The van der Waals surface area contributed by atoms with Crippen LogP contribution >= 0.6 is 11.3 Å². The van der Waals surface area contributed by atoms with Crippen molar-refractivity contribution in [3.8, 4) is 11.4 Å². The maximum absolute atomic E-state index is 4.46. The van der Waals surface area contributed by atoms with E-state index in [0.717, 1.165) is 24.5 Å². The molecule has 1 aliphatic heterocycles. The normalized spacial score (nSPS) is 17.2. The first-order chi connectivity index (χ1) is 13.2. The fourth-order valence-electron chi connectivity index (χ4n) is 4.21. The van der Waals surface area contributed by atoms with Crippen LogP contribution in [0, 0.1) is 6.92 Å².